The second-order valence-corrected chi connectivity index (χ2v) is 9.38. The van der Waals surface area contributed by atoms with Gasteiger partial charge in [-0.3, -0.25) is 9.59 Å². The number of rotatable bonds is 10. The van der Waals surface area contributed by atoms with Crippen molar-refractivity contribution < 1.29 is 32.2 Å². The Morgan fingerprint density at radius 2 is 1.67 bits per heavy atom. The zero-order chi connectivity index (χ0) is 31.0. The molecule has 1 aliphatic rings. The molecule has 0 fully saturated rings. The number of carbonyl (C=O) groups is 2. The van der Waals surface area contributed by atoms with Gasteiger partial charge in [-0.1, -0.05) is 55.1 Å². The molecule has 1 heterocycles. The number of halogens is 3. The molecule has 3 N–H and O–H groups in total. The van der Waals surface area contributed by atoms with E-state index in [0.717, 1.165) is 11.6 Å². The second kappa shape index (κ2) is 13.6. The first kappa shape index (κ1) is 30.7. The first-order chi connectivity index (χ1) is 20.6. The van der Waals surface area contributed by atoms with E-state index in [1.807, 2.05) is 30.3 Å². The molecule has 0 radical (unpaired) electrons. The molecule has 1 aliphatic heterocycles. The predicted molar refractivity (Wildman–Crippen MR) is 158 cm³/mol. The number of amides is 2. The third-order valence-electron chi connectivity index (χ3n) is 6.50. The van der Waals surface area contributed by atoms with E-state index in [2.05, 4.69) is 22.5 Å². The Bertz CT molecular complexity index is 1580. The van der Waals surface area contributed by atoms with Crippen molar-refractivity contribution in [2.45, 2.75) is 25.9 Å². The Morgan fingerprint density at radius 1 is 1.00 bits per heavy atom. The van der Waals surface area contributed by atoms with E-state index in [9.17, 15) is 22.8 Å². The van der Waals surface area contributed by atoms with Gasteiger partial charge in [-0.25, -0.2) is 0 Å². The molecule has 222 valence electrons. The van der Waals surface area contributed by atoms with E-state index >= 15 is 0 Å². The van der Waals surface area contributed by atoms with Gasteiger partial charge in [-0.2, -0.15) is 13.2 Å². The summed E-state index contributed by atoms with van der Waals surface area (Å²) in [5.41, 5.74) is 1.12. The van der Waals surface area contributed by atoms with E-state index < -0.39 is 29.8 Å². The van der Waals surface area contributed by atoms with Crippen molar-refractivity contribution in [2.24, 2.45) is 0 Å². The SMILES string of the molecule is C=C(/C=C\C(=C/C)OC)C(=O)Nc1ccc(C2=C(C(=O)NCc3ccccc3C(F)(F)F)NC(c3ccccc3)O2)cc1. The van der Waals surface area contributed by atoms with Crippen LogP contribution in [0.15, 0.2) is 121 Å². The molecule has 1 unspecified atom stereocenters. The van der Waals surface area contributed by atoms with Crippen molar-refractivity contribution in [1.29, 1.82) is 0 Å². The number of alkyl halides is 3. The maximum atomic E-state index is 13.5. The van der Waals surface area contributed by atoms with Crippen LogP contribution in [0.3, 0.4) is 0 Å². The maximum absolute atomic E-state index is 13.5. The van der Waals surface area contributed by atoms with Gasteiger partial charge in [0.15, 0.2) is 12.0 Å². The number of methoxy groups -OCH3 is 1. The topological polar surface area (TPSA) is 88.7 Å². The van der Waals surface area contributed by atoms with Crippen molar-refractivity contribution in [3.05, 3.63) is 143 Å². The van der Waals surface area contributed by atoms with Crippen molar-refractivity contribution in [1.82, 2.24) is 10.6 Å². The molecule has 3 aromatic rings. The first-order valence-corrected chi connectivity index (χ1v) is 13.3. The van der Waals surface area contributed by atoms with Gasteiger partial charge in [-0.15, -0.1) is 0 Å². The quantitative estimate of drug-likeness (QED) is 0.141. The summed E-state index contributed by atoms with van der Waals surface area (Å²) in [6, 6.07) is 20.8. The van der Waals surface area contributed by atoms with Crippen molar-refractivity contribution in [2.75, 3.05) is 12.4 Å². The summed E-state index contributed by atoms with van der Waals surface area (Å²) in [7, 11) is 1.52. The summed E-state index contributed by atoms with van der Waals surface area (Å²) >= 11 is 0. The molecule has 43 heavy (non-hydrogen) atoms. The third kappa shape index (κ3) is 7.73. The van der Waals surface area contributed by atoms with Gasteiger partial charge in [0.25, 0.3) is 11.8 Å². The van der Waals surface area contributed by atoms with E-state index in [0.29, 0.717) is 17.0 Å². The van der Waals surface area contributed by atoms with Gasteiger partial charge in [0.05, 0.1) is 12.7 Å². The first-order valence-electron chi connectivity index (χ1n) is 13.3. The molecule has 0 bridgehead atoms. The summed E-state index contributed by atoms with van der Waals surface area (Å²) in [4.78, 5) is 25.9. The number of anilines is 1. The molecule has 0 saturated carbocycles. The zero-order valence-corrected chi connectivity index (χ0v) is 23.5. The summed E-state index contributed by atoms with van der Waals surface area (Å²) in [6.45, 7) is 5.23. The Kier molecular flexibility index (Phi) is 9.72. The van der Waals surface area contributed by atoms with Crippen LogP contribution in [0.4, 0.5) is 18.9 Å². The lowest BCUT2D eigenvalue weighted by atomic mass is 10.1. The largest absolute Gasteiger partial charge is 0.497 e. The van der Waals surface area contributed by atoms with Crippen LogP contribution in [0.2, 0.25) is 0 Å². The molecule has 0 saturated heterocycles. The average Bonchev–Trinajstić information content (AvgIpc) is 3.46. The Balaban J connectivity index is 1.54. The van der Waals surface area contributed by atoms with Crippen LogP contribution in [-0.4, -0.2) is 18.9 Å². The monoisotopic (exact) mass is 589 g/mol. The highest BCUT2D eigenvalue weighted by molar-refractivity contribution is 6.05. The predicted octanol–water partition coefficient (Wildman–Crippen LogP) is 6.61. The van der Waals surface area contributed by atoms with Gasteiger partial charge in [0.2, 0.25) is 0 Å². The van der Waals surface area contributed by atoms with Gasteiger partial charge in [0, 0.05) is 28.9 Å². The lowest BCUT2D eigenvalue weighted by Crippen LogP contribution is -2.31. The number of carbonyl (C=O) groups excluding carboxylic acids is 2. The van der Waals surface area contributed by atoms with E-state index in [-0.39, 0.29) is 29.1 Å². The van der Waals surface area contributed by atoms with Crippen molar-refractivity contribution in [3.8, 4) is 0 Å². The van der Waals surface area contributed by atoms with Crippen LogP contribution in [0.25, 0.3) is 5.76 Å². The molecule has 0 aliphatic carbocycles. The Hall–Kier alpha value is -5.25. The number of ether oxygens (including phenoxy) is 2. The van der Waals surface area contributed by atoms with Crippen LogP contribution in [0, 0.1) is 0 Å². The molecular formula is C33H30F3N3O4. The van der Waals surface area contributed by atoms with Gasteiger partial charge in [-0.05, 0) is 61.0 Å². The Labute approximate surface area is 247 Å². The standard InChI is InChI=1S/C33H30F3N3O4/c1-4-26(42-3)19-14-21(2)30(40)38-25-17-15-22(16-18-25)29-28(39-32(43-29)23-10-6-5-7-11-23)31(41)37-20-24-12-8-9-13-27(24)33(34,35)36/h4-19,32,39H,2,20H2,1,3H3,(H,37,41)(H,38,40)/b19-14-,26-4+. The normalized spacial score (nSPS) is 15.1. The van der Waals surface area contributed by atoms with Crippen LogP contribution in [-0.2, 0) is 31.8 Å². The highest BCUT2D eigenvalue weighted by Crippen LogP contribution is 2.35. The number of nitrogens with one attached hydrogen (secondary N) is 3. The maximum Gasteiger partial charge on any atom is 0.416 e. The fourth-order valence-corrected chi connectivity index (χ4v) is 4.23. The minimum atomic E-state index is -4.56. The molecule has 0 aromatic heterocycles. The Morgan fingerprint density at radius 3 is 2.33 bits per heavy atom. The molecule has 10 heteroatoms. The molecule has 0 spiro atoms. The second-order valence-electron chi connectivity index (χ2n) is 9.38. The number of hydrogen-bond acceptors (Lipinski definition) is 5. The number of hydrogen-bond donors (Lipinski definition) is 3. The molecule has 2 amide bonds. The molecular weight excluding hydrogens is 559 g/mol. The minimum Gasteiger partial charge on any atom is -0.497 e. The van der Waals surface area contributed by atoms with Crippen LogP contribution in [0.5, 0.6) is 0 Å². The lowest BCUT2D eigenvalue weighted by molar-refractivity contribution is -0.138. The van der Waals surface area contributed by atoms with Crippen molar-refractivity contribution in [3.63, 3.8) is 0 Å². The van der Waals surface area contributed by atoms with Crippen molar-refractivity contribution >= 4 is 23.3 Å². The van der Waals surface area contributed by atoms with E-state index in [1.54, 1.807) is 43.3 Å². The van der Waals surface area contributed by atoms with Gasteiger partial charge >= 0.3 is 6.18 Å². The van der Waals surface area contributed by atoms with Crippen LogP contribution < -0.4 is 16.0 Å². The molecule has 1 atom stereocenters. The summed E-state index contributed by atoms with van der Waals surface area (Å²) in [5, 5.41) is 8.38. The third-order valence-corrected chi connectivity index (χ3v) is 6.50. The fourth-order valence-electron chi connectivity index (χ4n) is 4.23. The minimum absolute atomic E-state index is 0.0616. The lowest BCUT2D eigenvalue weighted by Gasteiger charge is -2.14. The fraction of sp³-hybridized carbons (Fsp3) is 0.152. The summed E-state index contributed by atoms with van der Waals surface area (Å²) in [5.74, 6) is -0.270. The molecule has 7 nitrogen and oxygen atoms in total. The van der Waals surface area contributed by atoms with Gasteiger partial charge < -0.3 is 25.4 Å². The highest BCUT2D eigenvalue weighted by atomic mass is 19.4. The number of allylic oxidation sites excluding steroid dienone is 2. The zero-order valence-electron chi connectivity index (χ0n) is 23.5. The average molecular weight is 590 g/mol. The van der Waals surface area contributed by atoms with Gasteiger partial charge in [0.1, 0.15) is 11.5 Å². The smallest absolute Gasteiger partial charge is 0.416 e. The number of benzene rings is 3. The molecule has 3 aromatic carbocycles. The van der Waals surface area contributed by atoms with Crippen LogP contribution in [0.1, 0.15) is 35.4 Å². The van der Waals surface area contributed by atoms with Crippen LogP contribution >= 0.6 is 0 Å². The summed E-state index contributed by atoms with van der Waals surface area (Å²) in [6.07, 6.45) is -0.360. The summed E-state index contributed by atoms with van der Waals surface area (Å²) < 4.78 is 51.6. The molecule has 4 rings (SSSR count). The van der Waals surface area contributed by atoms with E-state index in [1.165, 1.54) is 31.4 Å². The van der Waals surface area contributed by atoms with E-state index in [4.69, 9.17) is 9.47 Å². The highest BCUT2D eigenvalue weighted by Gasteiger charge is 2.34.